The third-order valence-electron chi connectivity index (χ3n) is 5.47. The number of benzene rings is 2. The van der Waals surface area contributed by atoms with Crippen molar-refractivity contribution in [2.45, 2.75) is 32.2 Å². The number of nitrogens with one attached hydrogen (secondary N) is 2. The summed E-state index contributed by atoms with van der Waals surface area (Å²) in [6, 6.07) is 16.5. The first-order chi connectivity index (χ1) is 15.2. The Labute approximate surface area is 207 Å². The number of hydrogen-bond acceptors (Lipinski definition) is 5. The van der Waals surface area contributed by atoms with Gasteiger partial charge in [0, 0.05) is 33.2 Å². The highest BCUT2D eigenvalue weighted by atomic mass is 127. The summed E-state index contributed by atoms with van der Waals surface area (Å²) in [5, 5.41) is 6.73. The minimum atomic E-state index is -0.0623. The molecule has 4 rings (SSSR count). The van der Waals surface area contributed by atoms with Crippen LogP contribution < -0.4 is 20.1 Å². The van der Waals surface area contributed by atoms with Gasteiger partial charge in [-0.3, -0.25) is 9.89 Å². The first-order valence-electron chi connectivity index (χ1n) is 10.9. The van der Waals surface area contributed by atoms with Crippen molar-refractivity contribution in [3.63, 3.8) is 0 Å². The summed E-state index contributed by atoms with van der Waals surface area (Å²) in [6.45, 7) is 7.71. The third kappa shape index (κ3) is 6.98. The molecule has 1 saturated heterocycles. The van der Waals surface area contributed by atoms with Gasteiger partial charge in [0.15, 0.2) is 17.5 Å². The van der Waals surface area contributed by atoms with Crippen LogP contribution in [0.25, 0.3) is 0 Å². The van der Waals surface area contributed by atoms with E-state index in [1.165, 1.54) is 11.1 Å². The number of morpholine rings is 1. The molecule has 2 aliphatic rings. The molecule has 0 aliphatic carbocycles. The number of rotatable bonds is 6. The van der Waals surface area contributed by atoms with Crippen molar-refractivity contribution in [3.05, 3.63) is 59.7 Å². The zero-order chi connectivity index (χ0) is 21.5. The summed E-state index contributed by atoms with van der Waals surface area (Å²) in [7, 11) is 1.78. The molecule has 174 valence electrons. The van der Waals surface area contributed by atoms with Gasteiger partial charge in [0.05, 0.1) is 19.3 Å². The number of nitrogens with zero attached hydrogens (tertiary/aromatic N) is 2. The Kier molecular flexibility index (Phi) is 9.43. The molecule has 0 amide bonds. The summed E-state index contributed by atoms with van der Waals surface area (Å²) < 4.78 is 17.4. The van der Waals surface area contributed by atoms with E-state index in [0.717, 1.165) is 43.7 Å². The van der Waals surface area contributed by atoms with Crippen LogP contribution >= 0.6 is 24.0 Å². The van der Waals surface area contributed by atoms with Crippen LogP contribution in [0.1, 0.15) is 18.1 Å². The zero-order valence-electron chi connectivity index (χ0n) is 18.8. The fraction of sp³-hybridized carbons (Fsp3) is 0.458. The van der Waals surface area contributed by atoms with Gasteiger partial charge in [-0.15, -0.1) is 24.0 Å². The van der Waals surface area contributed by atoms with Crippen LogP contribution in [0, 0.1) is 0 Å². The third-order valence-corrected chi connectivity index (χ3v) is 5.47. The van der Waals surface area contributed by atoms with Gasteiger partial charge in [-0.2, -0.15) is 0 Å². The molecule has 2 heterocycles. The molecular formula is C24H33IN4O3. The minimum Gasteiger partial charge on any atom is -0.486 e. The van der Waals surface area contributed by atoms with Crippen molar-refractivity contribution < 1.29 is 14.2 Å². The Bertz CT molecular complexity index is 895. The second-order valence-corrected chi connectivity index (χ2v) is 8.04. The quantitative estimate of drug-likeness (QED) is 0.327. The number of aliphatic imine (C=N–C) groups is 1. The number of para-hydroxylation sites is 2. The summed E-state index contributed by atoms with van der Waals surface area (Å²) in [6.07, 6.45) is 0.243. The number of halogens is 1. The molecule has 0 aromatic heterocycles. The minimum absolute atomic E-state index is 0. The molecule has 0 spiro atoms. The number of ether oxygens (including phenoxy) is 3. The predicted molar refractivity (Wildman–Crippen MR) is 137 cm³/mol. The van der Waals surface area contributed by atoms with E-state index < -0.39 is 0 Å². The molecule has 2 aromatic rings. The van der Waals surface area contributed by atoms with Gasteiger partial charge >= 0.3 is 0 Å². The lowest BCUT2D eigenvalue weighted by molar-refractivity contribution is -0.0212. The first-order valence-corrected chi connectivity index (χ1v) is 10.9. The molecule has 2 atom stereocenters. The van der Waals surface area contributed by atoms with E-state index in [0.29, 0.717) is 25.8 Å². The molecular weight excluding hydrogens is 519 g/mol. The first kappa shape index (κ1) is 24.6. The van der Waals surface area contributed by atoms with Gasteiger partial charge < -0.3 is 24.8 Å². The summed E-state index contributed by atoms with van der Waals surface area (Å²) in [4.78, 5) is 6.78. The summed E-state index contributed by atoms with van der Waals surface area (Å²) in [5.41, 5.74) is 2.55. The number of fused-ring (bicyclic) bond motifs is 1. The van der Waals surface area contributed by atoms with Crippen molar-refractivity contribution in [2.24, 2.45) is 4.99 Å². The molecule has 0 radical (unpaired) electrons. The van der Waals surface area contributed by atoms with E-state index in [4.69, 9.17) is 14.2 Å². The van der Waals surface area contributed by atoms with Crippen LogP contribution in [0.15, 0.2) is 53.5 Å². The smallest absolute Gasteiger partial charge is 0.191 e. The van der Waals surface area contributed by atoms with Gasteiger partial charge in [0.2, 0.25) is 0 Å². The molecule has 2 aromatic carbocycles. The Hall–Kier alpha value is -2.04. The van der Waals surface area contributed by atoms with Crippen LogP contribution in [-0.4, -0.2) is 63.0 Å². The van der Waals surface area contributed by atoms with Crippen LogP contribution in [-0.2, 0) is 17.8 Å². The van der Waals surface area contributed by atoms with Crippen molar-refractivity contribution in [1.29, 1.82) is 0 Å². The van der Waals surface area contributed by atoms with Crippen molar-refractivity contribution in [3.8, 4) is 11.5 Å². The van der Waals surface area contributed by atoms with Crippen molar-refractivity contribution in [1.82, 2.24) is 15.5 Å². The van der Waals surface area contributed by atoms with Gasteiger partial charge in [-0.25, -0.2) is 0 Å². The lowest BCUT2D eigenvalue weighted by Gasteiger charge is -2.31. The lowest BCUT2D eigenvalue weighted by Crippen LogP contribution is -2.45. The number of guanidine groups is 1. The Morgan fingerprint density at radius 1 is 1.09 bits per heavy atom. The molecule has 32 heavy (non-hydrogen) atoms. The van der Waals surface area contributed by atoms with E-state index in [1.54, 1.807) is 7.05 Å². The monoisotopic (exact) mass is 552 g/mol. The van der Waals surface area contributed by atoms with E-state index in [1.807, 2.05) is 24.3 Å². The Balaban J connectivity index is 0.00000289. The SMILES string of the molecule is CN=C(NCc1cccc(CN2CCOC(C)C2)c1)NCC1COc2ccccc2O1.I. The van der Waals surface area contributed by atoms with E-state index in [9.17, 15) is 0 Å². The molecule has 0 bridgehead atoms. The summed E-state index contributed by atoms with van der Waals surface area (Å²) >= 11 is 0. The molecule has 1 fully saturated rings. The van der Waals surface area contributed by atoms with E-state index in [2.05, 4.69) is 51.7 Å². The Morgan fingerprint density at radius 2 is 1.91 bits per heavy atom. The second-order valence-electron chi connectivity index (χ2n) is 8.04. The van der Waals surface area contributed by atoms with Gasteiger partial charge in [0.25, 0.3) is 0 Å². The highest BCUT2D eigenvalue weighted by Crippen LogP contribution is 2.30. The maximum absolute atomic E-state index is 6.00. The largest absolute Gasteiger partial charge is 0.486 e. The predicted octanol–water partition coefficient (Wildman–Crippen LogP) is 3.03. The summed E-state index contributed by atoms with van der Waals surface area (Å²) in [5.74, 6) is 2.33. The maximum atomic E-state index is 6.00. The van der Waals surface area contributed by atoms with Gasteiger partial charge in [-0.1, -0.05) is 36.4 Å². The average Bonchev–Trinajstić information content (AvgIpc) is 2.79. The fourth-order valence-corrected chi connectivity index (χ4v) is 3.91. The van der Waals surface area contributed by atoms with Crippen molar-refractivity contribution in [2.75, 3.05) is 39.9 Å². The fourth-order valence-electron chi connectivity index (χ4n) is 3.91. The molecule has 7 nitrogen and oxygen atoms in total. The van der Waals surface area contributed by atoms with Crippen LogP contribution in [0.2, 0.25) is 0 Å². The highest BCUT2D eigenvalue weighted by molar-refractivity contribution is 14.0. The Morgan fingerprint density at radius 3 is 2.72 bits per heavy atom. The van der Waals surface area contributed by atoms with E-state index in [-0.39, 0.29) is 30.1 Å². The number of hydrogen-bond donors (Lipinski definition) is 2. The van der Waals surface area contributed by atoms with Gasteiger partial charge in [-0.05, 0) is 30.2 Å². The topological polar surface area (TPSA) is 67.4 Å². The average molecular weight is 552 g/mol. The maximum Gasteiger partial charge on any atom is 0.191 e. The molecule has 2 aliphatic heterocycles. The lowest BCUT2D eigenvalue weighted by atomic mass is 10.1. The standard InChI is InChI=1S/C24H32N4O3.HI/c1-18-15-28(10-11-29-18)16-20-7-5-6-19(12-20)13-26-24(25-2)27-14-21-17-30-22-8-3-4-9-23(22)31-21;/h3-9,12,18,21H,10-11,13-17H2,1-2H3,(H2,25,26,27);1H. The molecule has 0 saturated carbocycles. The van der Waals surface area contributed by atoms with Crippen molar-refractivity contribution >= 4 is 29.9 Å². The van der Waals surface area contributed by atoms with E-state index >= 15 is 0 Å². The second kappa shape index (κ2) is 12.3. The van der Waals surface area contributed by atoms with Gasteiger partial charge in [0.1, 0.15) is 12.7 Å². The molecule has 2 N–H and O–H groups in total. The highest BCUT2D eigenvalue weighted by Gasteiger charge is 2.20. The normalized spacial score (nSPS) is 20.9. The van der Waals surface area contributed by atoms with Crippen LogP contribution in [0.5, 0.6) is 11.5 Å². The zero-order valence-corrected chi connectivity index (χ0v) is 21.1. The molecule has 2 unspecified atom stereocenters. The molecule has 8 heteroatoms. The van der Waals surface area contributed by atoms with Crippen LogP contribution in [0.4, 0.5) is 0 Å². The van der Waals surface area contributed by atoms with Crippen LogP contribution in [0.3, 0.4) is 0 Å².